The molecule has 0 bridgehead atoms. The molecule has 0 radical (unpaired) electrons. The lowest BCUT2D eigenvalue weighted by Crippen LogP contribution is -2.50. The van der Waals surface area contributed by atoms with E-state index in [4.69, 9.17) is 14.6 Å². The molecule has 2 N–H and O–H groups in total. The third-order valence-electron chi connectivity index (χ3n) is 3.44. The summed E-state index contributed by atoms with van der Waals surface area (Å²) >= 11 is 0. The number of nitrogens with one attached hydrogen (secondary N) is 1. The van der Waals surface area contributed by atoms with Crippen molar-refractivity contribution in [3.63, 3.8) is 0 Å². The van der Waals surface area contributed by atoms with Gasteiger partial charge in [0.2, 0.25) is 0 Å². The standard InChI is InChI=1S/C11H19NO4/c13-10(14)8-12-9-1-4-16-11(7-9)2-5-15-6-3-11/h9,12H,1-8H2,(H,13,14). The predicted molar refractivity (Wildman–Crippen MR) is 57.4 cm³/mol. The summed E-state index contributed by atoms with van der Waals surface area (Å²) in [4.78, 5) is 10.5. The molecule has 0 aromatic carbocycles. The molecule has 92 valence electrons. The van der Waals surface area contributed by atoms with Gasteiger partial charge in [0.15, 0.2) is 0 Å². The van der Waals surface area contributed by atoms with Crippen molar-refractivity contribution in [3.8, 4) is 0 Å². The van der Waals surface area contributed by atoms with Crippen molar-refractivity contribution in [2.75, 3.05) is 26.4 Å². The SMILES string of the molecule is O=C(O)CNC1CCOC2(CCOCC2)C1. The van der Waals surface area contributed by atoms with Gasteiger partial charge >= 0.3 is 5.97 Å². The van der Waals surface area contributed by atoms with Crippen molar-refractivity contribution in [2.24, 2.45) is 0 Å². The molecule has 0 aromatic heterocycles. The van der Waals surface area contributed by atoms with E-state index in [1.54, 1.807) is 0 Å². The first-order chi connectivity index (χ1) is 7.70. The topological polar surface area (TPSA) is 67.8 Å². The third kappa shape index (κ3) is 2.93. The van der Waals surface area contributed by atoms with Crippen LogP contribution in [0.1, 0.15) is 25.7 Å². The van der Waals surface area contributed by atoms with Crippen LogP contribution in [0.3, 0.4) is 0 Å². The maximum atomic E-state index is 10.5. The number of carboxylic acid groups (broad SMARTS) is 1. The smallest absolute Gasteiger partial charge is 0.317 e. The molecule has 0 amide bonds. The summed E-state index contributed by atoms with van der Waals surface area (Å²) in [6, 6.07) is 0.267. The molecule has 0 aromatic rings. The summed E-state index contributed by atoms with van der Waals surface area (Å²) in [6.07, 6.45) is 3.66. The van der Waals surface area contributed by atoms with E-state index in [9.17, 15) is 4.79 Å². The number of carbonyl (C=O) groups is 1. The Morgan fingerprint density at radius 2 is 2.12 bits per heavy atom. The summed E-state index contributed by atoms with van der Waals surface area (Å²) in [5, 5.41) is 11.7. The summed E-state index contributed by atoms with van der Waals surface area (Å²) in [5.41, 5.74) is -0.0628. The number of hydrogen-bond donors (Lipinski definition) is 2. The van der Waals surface area contributed by atoms with E-state index < -0.39 is 5.97 Å². The van der Waals surface area contributed by atoms with E-state index in [1.807, 2.05) is 0 Å². The lowest BCUT2D eigenvalue weighted by atomic mass is 9.84. The van der Waals surface area contributed by atoms with Gasteiger partial charge in [-0.05, 0) is 25.7 Å². The van der Waals surface area contributed by atoms with Crippen LogP contribution in [0.25, 0.3) is 0 Å². The maximum Gasteiger partial charge on any atom is 0.317 e. The van der Waals surface area contributed by atoms with Crippen LogP contribution in [0.4, 0.5) is 0 Å². The molecule has 2 aliphatic rings. The van der Waals surface area contributed by atoms with Crippen molar-refractivity contribution in [2.45, 2.75) is 37.3 Å². The average Bonchev–Trinajstić information content (AvgIpc) is 2.28. The van der Waals surface area contributed by atoms with Crippen LogP contribution in [0, 0.1) is 0 Å². The summed E-state index contributed by atoms with van der Waals surface area (Å²) in [5.74, 6) is -0.799. The molecular weight excluding hydrogens is 210 g/mol. The first kappa shape index (κ1) is 11.8. The number of ether oxygens (including phenoxy) is 2. The molecule has 2 rings (SSSR count). The van der Waals surface area contributed by atoms with Crippen molar-refractivity contribution >= 4 is 5.97 Å². The fraction of sp³-hybridized carbons (Fsp3) is 0.909. The Labute approximate surface area is 95.1 Å². The highest BCUT2D eigenvalue weighted by Gasteiger charge is 2.38. The lowest BCUT2D eigenvalue weighted by Gasteiger charge is -2.43. The van der Waals surface area contributed by atoms with Crippen LogP contribution in [0.5, 0.6) is 0 Å². The maximum absolute atomic E-state index is 10.5. The van der Waals surface area contributed by atoms with Gasteiger partial charge in [0, 0.05) is 25.9 Å². The van der Waals surface area contributed by atoms with Gasteiger partial charge in [-0.15, -0.1) is 0 Å². The van der Waals surface area contributed by atoms with E-state index >= 15 is 0 Å². The van der Waals surface area contributed by atoms with Crippen LogP contribution in [0.2, 0.25) is 0 Å². The van der Waals surface area contributed by atoms with Gasteiger partial charge in [-0.1, -0.05) is 0 Å². The molecule has 0 saturated carbocycles. The highest BCUT2D eigenvalue weighted by Crippen LogP contribution is 2.34. The normalized spacial score (nSPS) is 29.1. The van der Waals surface area contributed by atoms with Crippen molar-refractivity contribution in [3.05, 3.63) is 0 Å². The molecule has 16 heavy (non-hydrogen) atoms. The van der Waals surface area contributed by atoms with E-state index in [0.29, 0.717) is 0 Å². The molecule has 2 fully saturated rings. The fourth-order valence-electron chi connectivity index (χ4n) is 2.53. The highest BCUT2D eigenvalue weighted by molar-refractivity contribution is 5.69. The first-order valence-electron chi connectivity index (χ1n) is 5.87. The zero-order chi connectivity index (χ0) is 11.4. The van der Waals surface area contributed by atoms with E-state index in [1.165, 1.54) is 0 Å². The third-order valence-corrected chi connectivity index (χ3v) is 3.44. The van der Waals surface area contributed by atoms with Gasteiger partial charge in [0.1, 0.15) is 0 Å². The Morgan fingerprint density at radius 3 is 2.81 bits per heavy atom. The van der Waals surface area contributed by atoms with Gasteiger partial charge < -0.3 is 19.9 Å². The summed E-state index contributed by atoms with van der Waals surface area (Å²) in [7, 11) is 0. The van der Waals surface area contributed by atoms with E-state index in [-0.39, 0.29) is 18.2 Å². The van der Waals surface area contributed by atoms with Crippen molar-refractivity contribution < 1.29 is 19.4 Å². The second kappa shape index (κ2) is 5.12. The van der Waals surface area contributed by atoms with Gasteiger partial charge in [-0.3, -0.25) is 4.79 Å². The first-order valence-corrected chi connectivity index (χ1v) is 5.87. The molecule has 2 aliphatic heterocycles. The molecule has 2 saturated heterocycles. The predicted octanol–water partition coefficient (Wildman–Crippen LogP) is 0.389. The second-order valence-electron chi connectivity index (χ2n) is 4.61. The van der Waals surface area contributed by atoms with Crippen molar-refractivity contribution in [1.82, 2.24) is 5.32 Å². The summed E-state index contributed by atoms with van der Waals surface area (Å²) < 4.78 is 11.2. The lowest BCUT2D eigenvalue weighted by molar-refractivity contribution is -0.144. The summed E-state index contributed by atoms with van der Waals surface area (Å²) in [6.45, 7) is 2.27. The van der Waals surface area contributed by atoms with E-state index in [2.05, 4.69) is 5.32 Å². The average molecular weight is 229 g/mol. The minimum Gasteiger partial charge on any atom is -0.480 e. The molecule has 1 spiro atoms. The Morgan fingerprint density at radius 1 is 1.38 bits per heavy atom. The van der Waals surface area contributed by atoms with E-state index in [0.717, 1.165) is 45.5 Å². The second-order valence-corrected chi connectivity index (χ2v) is 4.61. The van der Waals surface area contributed by atoms with Crippen LogP contribution in [-0.4, -0.2) is 49.1 Å². The molecular formula is C11H19NO4. The minimum absolute atomic E-state index is 0.0389. The number of carboxylic acids is 1. The molecule has 1 unspecified atom stereocenters. The van der Waals surface area contributed by atoms with Gasteiger partial charge in [-0.25, -0.2) is 0 Å². The Bertz CT molecular complexity index is 245. The zero-order valence-corrected chi connectivity index (χ0v) is 9.41. The molecule has 1 atom stereocenters. The van der Waals surface area contributed by atoms with Gasteiger partial charge in [0.25, 0.3) is 0 Å². The van der Waals surface area contributed by atoms with Gasteiger partial charge in [0.05, 0.1) is 12.1 Å². The molecule has 0 aliphatic carbocycles. The van der Waals surface area contributed by atoms with Crippen LogP contribution in [-0.2, 0) is 14.3 Å². The largest absolute Gasteiger partial charge is 0.480 e. The Kier molecular flexibility index (Phi) is 3.78. The number of rotatable bonds is 3. The highest BCUT2D eigenvalue weighted by atomic mass is 16.5. The molecule has 2 heterocycles. The van der Waals surface area contributed by atoms with Gasteiger partial charge in [-0.2, -0.15) is 0 Å². The number of aliphatic carboxylic acids is 1. The van der Waals surface area contributed by atoms with Crippen molar-refractivity contribution in [1.29, 1.82) is 0 Å². The Hall–Kier alpha value is -0.650. The monoisotopic (exact) mass is 229 g/mol. The molecule has 5 heteroatoms. The number of hydrogen-bond acceptors (Lipinski definition) is 4. The zero-order valence-electron chi connectivity index (χ0n) is 9.41. The minimum atomic E-state index is -0.799. The fourth-order valence-corrected chi connectivity index (χ4v) is 2.53. The van der Waals surface area contributed by atoms with Crippen LogP contribution in [0.15, 0.2) is 0 Å². The van der Waals surface area contributed by atoms with Crippen LogP contribution < -0.4 is 5.32 Å². The quantitative estimate of drug-likeness (QED) is 0.732. The molecule has 5 nitrogen and oxygen atoms in total. The van der Waals surface area contributed by atoms with Crippen LogP contribution >= 0.6 is 0 Å². The Balaban J connectivity index is 1.85.